The van der Waals surface area contributed by atoms with Crippen molar-refractivity contribution in [1.82, 2.24) is 10.4 Å². The first kappa shape index (κ1) is 10.3. The van der Waals surface area contributed by atoms with Crippen LogP contribution in [0.3, 0.4) is 0 Å². The first-order valence-electron chi connectivity index (χ1n) is 5.57. The van der Waals surface area contributed by atoms with Crippen molar-refractivity contribution >= 4 is 17.6 Å². The Labute approximate surface area is 98.2 Å². The fourth-order valence-corrected chi connectivity index (χ4v) is 3.12. The van der Waals surface area contributed by atoms with Gasteiger partial charge in [-0.3, -0.25) is 0 Å². The highest BCUT2D eigenvalue weighted by Crippen LogP contribution is 2.34. The second-order valence-electron chi connectivity index (χ2n) is 4.25. The van der Waals surface area contributed by atoms with E-state index in [1.165, 1.54) is 5.56 Å². The van der Waals surface area contributed by atoms with Gasteiger partial charge in [-0.2, -0.15) is 0 Å². The number of carbonyl (C=O) groups is 1. The number of hydrogen-bond acceptors (Lipinski definition) is 5. The molecule has 2 atom stereocenters. The molecule has 1 aromatic rings. The molecule has 4 nitrogen and oxygen atoms in total. The summed E-state index contributed by atoms with van der Waals surface area (Å²) in [6, 6.07) is 0.0741. The van der Waals surface area contributed by atoms with Gasteiger partial charge in [0.2, 0.25) is 0 Å². The second kappa shape index (κ2) is 4.16. The maximum absolute atomic E-state index is 11.0. The van der Waals surface area contributed by atoms with Crippen LogP contribution in [-0.2, 0) is 11.3 Å². The van der Waals surface area contributed by atoms with Gasteiger partial charge in [-0.05, 0) is 24.8 Å². The third-order valence-electron chi connectivity index (χ3n) is 3.23. The normalized spacial score (nSPS) is 29.8. The maximum Gasteiger partial charge on any atom is 0.162 e. The van der Waals surface area contributed by atoms with Gasteiger partial charge in [0, 0.05) is 10.9 Å². The topological polar surface area (TPSA) is 41.6 Å². The maximum atomic E-state index is 11.0. The van der Waals surface area contributed by atoms with Crippen LogP contribution in [0.25, 0.3) is 0 Å². The lowest BCUT2D eigenvalue weighted by molar-refractivity contribution is -0.124. The summed E-state index contributed by atoms with van der Waals surface area (Å²) in [6.45, 7) is 1.73. The molecule has 86 valence electrons. The molecular formula is C11H14N2O2S. The predicted octanol–water partition coefficient (Wildman–Crippen LogP) is 1.18. The Morgan fingerprint density at radius 3 is 3.31 bits per heavy atom. The first-order chi connectivity index (χ1) is 7.88. The summed E-state index contributed by atoms with van der Waals surface area (Å²) >= 11 is 1.66. The Kier molecular flexibility index (Phi) is 2.67. The molecule has 2 aliphatic rings. The lowest BCUT2D eigenvalue weighted by Crippen LogP contribution is -2.54. The number of hydrogen-bond donors (Lipinski definition) is 1. The molecule has 0 aromatic carbocycles. The van der Waals surface area contributed by atoms with E-state index in [1.807, 2.05) is 10.4 Å². The van der Waals surface area contributed by atoms with Crippen molar-refractivity contribution < 1.29 is 9.63 Å². The van der Waals surface area contributed by atoms with Crippen molar-refractivity contribution in [3.05, 3.63) is 16.3 Å². The molecule has 1 unspecified atom stereocenters. The summed E-state index contributed by atoms with van der Waals surface area (Å²) < 4.78 is 0. The molecule has 2 aliphatic heterocycles. The number of carbonyl (C=O) groups excluding carboxylic acids is 1. The van der Waals surface area contributed by atoms with Crippen LogP contribution in [0, 0.1) is 0 Å². The quantitative estimate of drug-likeness (QED) is 0.786. The third kappa shape index (κ3) is 1.65. The van der Waals surface area contributed by atoms with Crippen LogP contribution in [0.2, 0.25) is 0 Å². The van der Waals surface area contributed by atoms with Gasteiger partial charge >= 0.3 is 0 Å². The van der Waals surface area contributed by atoms with E-state index < -0.39 is 0 Å². The van der Waals surface area contributed by atoms with Gasteiger partial charge in [-0.25, -0.2) is 0 Å². The zero-order valence-corrected chi connectivity index (χ0v) is 9.70. The smallest absolute Gasteiger partial charge is 0.162 e. The fraction of sp³-hybridized carbons (Fsp3) is 0.545. The van der Waals surface area contributed by atoms with Gasteiger partial charge < -0.3 is 14.9 Å². The van der Waals surface area contributed by atoms with Gasteiger partial charge in [0.05, 0.1) is 18.6 Å². The Balaban J connectivity index is 1.74. The van der Waals surface area contributed by atoms with E-state index in [0.29, 0.717) is 0 Å². The average molecular weight is 238 g/mol. The lowest BCUT2D eigenvalue weighted by atomic mass is 9.99. The zero-order chi connectivity index (χ0) is 11.0. The molecule has 0 radical (unpaired) electrons. The fourth-order valence-electron chi connectivity index (χ4n) is 2.38. The van der Waals surface area contributed by atoms with E-state index >= 15 is 0 Å². The van der Waals surface area contributed by atoms with Crippen LogP contribution in [0.1, 0.15) is 18.4 Å². The Morgan fingerprint density at radius 1 is 1.56 bits per heavy atom. The lowest BCUT2D eigenvalue weighted by Gasteiger charge is -2.34. The molecule has 5 heteroatoms. The zero-order valence-electron chi connectivity index (χ0n) is 8.89. The number of nitrogens with one attached hydrogen (secondary N) is 1. The summed E-state index contributed by atoms with van der Waals surface area (Å²) in [5, 5.41) is 9.30. The minimum absolute atomic E-state index is 0.0959. The van der Waals surface area contributed by atoms with E-state index in [0.717, 1.165) is 38.0 Å². The van der Waals surface area contributed by atoms with Crippen molar-refractivity contribution in [3.8, 4) is 5.75 Å². The van der Waals surface area contributed by atoms with Gasteiger partial charge in [-0.15, -0.1) is 16.4 Å². The number of piperidine rings is 1. The van der Waals surface area contributed by atoms with Crippen molar-refractivity contribution in [2.24, 2.45) is 0 Å². The average Bonchev–Trinajstić information content (AvgIpc) is 2.89. The second-order valence-corrected chi connectivity index (χ2v) is 5.00. The molecule has 3 heterocycles. The molecule has 0 amide bonds. The van der Waals surface area contributed by atoms with E-state index in [2.05, 4.69) is 10.7 Å². The minimum atomic E-state index is -0.0959. The Hall–Kier alpha value is -0.910. The standard InChI is InChI=1S/C11H14N2O2S/c14-5-9-10(2-1-3-12-9)13-4-8-6-16-7-11(8)15-13/h5-7,9-10,12H,1-4H2/t9?,10-/m0/s1. The highest BCUT2D eigenvalue weighted by Gasteiger charge is 2.35. The van der Waals surface area contributed by atoms with Crippen molar-refractivity contribution in [1.29, 1.82) is 0 Å². The minimum Gasteiger partial charge on any atom is -0.404 e. The van der Waals surface area contributed by atoms with Crippen molar-refractivity contribution in [2.75, 3.05) is 6.54 Å². The molecule has 0 saturated carbocycles. The summed E-state index contributed by atoms with van der Waals surface area (Å²) in [6.07, 6.45) is 3.12. The van der Waals surface area contributed by atoms with Gasteiger partial charge in [0.25, 0.3) is 0 Å². The molecule has 1 saturated heterocycles. The largest absolute Gasteiger partial charge is 0.404 e. The first-order valence-corrected chi connectivity index (χ1v) is 6.51. The van der Waals surface area contributed by atoms with Crippen molar-refractivity contribution in [2.45, 2.75) is 31.5 Å². The summed E-state index contributed by atoms with van der Waals surface area (Å²) in [5.41, 5.74) is 1.24. The van der Waals surface area contributed by atoms with Crippen LogP contribution < -0.4 is 10.2 Å². The molecule has 16 heavy (non-hydrogen) atoms. The molecule has 0 aliphatic carbocycles. The number of hydroxylamine groups is 2. The van der Waals surface area contributed by atoms with E-state index in [-0.39, 0.29) is 12.1 Å². The number of rotatable bonds is 2. The third-order valence-corrected chi connectivity index (χ3v) is 4.00. The molecule has 1 aromatic heterocycles. The number of fused-ring (bicyclic) bond motifs is 1. The van der Waals surface area contributed by atoms with Gasteiger partial charge in [0.15, 0.2) is 5.75 Å². The SMILES string of the molecule is O=CC1NCCC[C@@H]1N1Cc2cscc2O1. The highest BCUT2D eigenvalue weighted by atomic mass is 32.1. The monoisotopic (exact) mass is 238 g/mol. The van der Waals surface area contributed by atoms with E-state index in [4.69, 9.17) is 4.84 Å². The summed E-state index contributed by atoms with van der Waals surface area (Å²) in [5.74, 6) is 0.959. The van der Waals surface area contributed by atoms with Gasteiger partial charge in [0.1, 0.15) is 6.29 Å². The molecule has 0 spiro atoms. The molecular weight excluding hydrogens is 224 g/mol. The summed E-state index contributed by atoms with van der Waals surface area (Å²) in [7, 11) is 0. The van der Waals surface area contributed by atoms with Crippen LogP contribution in [0.5, 0.6) is 5.75 Å². The van der Waals surface area contributed by atoms with Crippen LogP contribution >= 0.6 is 11.3 Å². The van der Waals surface area contributed by atoms with Crippen LogP contribution in [0.4, 0.5) is 0 Å². The highest BCUT2D eigenvalue weighted by molar-refractivity contribution is 7.08. The Bertz CT molecular complexity index is 373. The van der Waals surface area contributed by atoms with E-state index in [9.17, 15) is 4.79 Å². The van der Waals surface area contributed by atoms with Crippen LogP contribution in [-0.4, -0.2) is 30.0 Å². The number of thiophene rings is 1. The number of aldehydes is 1. The molecule has 1 fully saturated rings. The molecule has 3 rings (SSSR count). The molecule has 1 N–H and O–H groups in total. The summed E-state index contributed by atoms with van der Waals surface area (Å²) in [4.78, 5) is 16.8. The van der Waals surface area contributed by atoms with Crippen LogP contribution in [0.15, 0.2) is 10.8 Å². The molecule has 0 bridgehead atoms. The van der Waals surface area contributed by atoms with Gasteiger partial charge in [-0.1, -0.05) is 0 Å². The predicted molar refractivity (Wildman–Crippen MR) is 61.4 cm³/mol. The number of nitrogens with zero attached hydrogens (tertiary/aromatic N) is 1. The van der Waals surface area contributed by atoms with E-state index in [1.54, 1.807) is 11.3 Å². The Morgan fingerprint density at radius 2 is 2.50 bits per heavy atom. The van der Waals surface area contributed by atoms with Crippen molar-refractivity contribution in [3.63, 3.8) is 0 Å².